The number of pyridine rings is 1. The van der Waals surface area contributed by atoms with Gasteiger partial charge in [-0.3, -0.25) is 4.79 Å². The first-order chi connectivity index (χ1) is 10.1. The quantitative estimate of drug-likeness (QED) is 0.774. The summed E-state index contributed by atoms with van der Waals surface area (Å²) in [7, 11) is 1.48. The molecular formula is C14H17N3O4. The minimum absolute atomic E-state index is 0.0401. The molecule has 2 rings (SSSR count). The van der Waals surface area contributed by atoms with Gasteiger partial charge in [-0.2, -0.15) is 0 Å². The monoisotopic (exact) mass is 291 g/mol. The third kappa shape index (κ3) is 4.03. The lowest BCUT2D eigenvalue weighted by molar-refractivity contribution is -0.142. The molecule has 2 heterocycles. The van der Waals surface area contributed by atoms with Gasteiger partial charge in [0.1, 0.15) is 11.7 Å². The number of hydrogen-bond acceptors (Lipinski definition) is 4. The number of imidazole rings is 1. The number of carboxylic acids is 1. The van der Waals surface area contributed by atoms with Gasteiger partial charge < -0.3 is 19.6 Å². The minimum atomic E-state index is -1.07. The van der Waals surface area contributed by atoms with E-state index in [1.165, 1.54) is 7.11 Å². The third-order valence-electron chi connectivity index (χ3n) is 3.00. The molecule has 2 aromatic rings. The fourth-order valence-corrected chi connectivity index (χ4v) is 1.98. The van der Waals surface area contributed by atoms with Crippen LogP contribution in [-0.4, -0.2) is 46.1 Å². The lowest BCUT2D eigenvalue weighted by Crippen LogP contribution is -2.42. The van der Waals surface area contributed by atoms with Crippen LogP contribution in [0.4, 0.5) is 0 Å². The molecule has 7 heteroatoms. The normalized spacial score (nSPS) is 12.2. The van der Waals surface area contributed by atoms with Crippen LogP contribution >= 0.6 is 0 Å². The van der Waals surface area contributed by atoms with Crippen molar-refractivity contribution in [3.05, 3.63) is 36.3 Å². The second-order valence-corrected chi connectivity index (χ2v) is 4.61. The molecule has 0 saturated heterocycles. The standard InChI is InChI=1S/C14H17N3O4/c1-21-7-5-11(14(19)20)16-13(18)8-10-9-17-6-3-2-4-12(17)15-10/h2-4,6,9,11H,5,7-8H2,1H3,(H,16,18)(H,19,20). The molecule has 2 aromatic heterocycles. The molecule has 0 fully saturated rings. The fourth-order valence-electron chi connectivity index (χ4n) is 1.98. The van der Waals surface area contributed by atoms with E-state index in [0.717, 1.165) is 5.65 Å². The highest BCUT2D eigenvalue weighted by Crippen LogP contribution is 2.05. The van der Waals surface area contributed by atoms with Crippen molar-refractivity contribution in [3.63, 3.8) is 0 Å². The molecule has 0 saturated carbocycles. The van der Waals surface area contributed by atoms with E-state index in [0.29, 0.717) is 5.69 Å². The van der Waals surface area contributed by atoms with E-state index in [1.807, 2.05) is 28.8 Å². The molecule has 112 valence electrons. The number of nitrogens with zero attached hydrogens (tertiary/aromatic N) is 2. The molecule has 0 spiro atoms. The van der Waals surface area contributed by atoms with Gasteiger partial charge >= 0.3 is 5.97 Å². The number of carbonyl (C=O) groups is 2. The lowest BCUT2D eigenvalue weighted by Gasteiger charge is -2.13. The van der Waals surface area contributed by atoms with Crippen molar-refractivity contribution in [1.29, 1.82) is 0 Å². The van der Waals surface area contributed by atoms with Crippen molar-refractivity contribution in [3.8, 4) is 0 Å². The van der Waals surface area contributed by atoms with Gasteiger partial charge in [0.05, 0.1) is 12.1 Å². The topological polar surface area (TPSA) is 92.9 Å². The summed E-state index contributed by atoms with van der Waals surface area (Å²) >= 11 is 0. The Labute approximate surface area is 121 Å². The Morgan fingerprint density at radius 1 is 1.48 bits per heavy atom. The number of aliphatic carboxylic acids is 1. The SMILES string of the molecule is COCCC(NC(=O)Cc1cn2ccccc2n1)C(=O)O. The molecule has 21 heavy (non-hydrogen) atoms. The molecule has 0 aromatic carbocycles. The summed E-state index contributed by atoms with van der Waals surface area (Å²) in [6.07, 6.45) is 3.85. The van der Waals surface area contributed by atoms with Crippen LogP contribution in [-0.2, 0) is 20.7 Å². The van der Waals surface area contributed by atoms with Crippen molar-refractivity contribution < 1.29 is 19.4 Å². The highest BCUT2D eigenvalue weighted by atomic mass is 16.5. The van der Waals surface area contributed by atoms with Crippen LogP contribution in [0.2, 0.25) is 0 Å². The first-order valence-corrected chi connectivity index (χ1v) is 6.54. The summed E-state index contributed by atoms with van der Waals surface area (Å²) in [4.78, 5) is 27.2. The van der Waals surface area contributed by atoms with E-state index in [1.54, 1.807) is 6.20 Å². The van der Waals surface area contributed by atoms with Gasteiger partial charge in [0, 0.05) is 32.5 Å². The van der Waals surface area contributed by atoms with Crippen molar-refractivity contribution in [2.75, 3.05) is 13.7 Å². The number of fused-ring (bicyclic) bond motifs is 1. The first kappa shape index (κ1) is 15.0. The summed E-state index contributed by atoms with van der Waals surface area (Å²) in [5.74, 6) is -1.45. The van der Waals surface area contributed by atoms with E-state index in [9.17, 15) is 9.59 Å². The van der Waals surface area contributed by atoms with E-state index in [-0.39, 0.29) is 25.4 Å². The summed E-state index contributed by atoms with van der Waals surface area (Å²) in [5, 5.41) is 11.5. The predicted molar refractivity (Wildman–Crippen MR) is 75.0 cm³/mol. The van der Waals surface area contributed by atoms with E-state index < -0.39 is 12.0 Å². The Morgan fingerprint density at radius 3 is 2.95 bits per heavy atom. The van der Waals surface area contributed by atoms with Crippen LogP contribution in [0.15, 0.2) is 30.6 Å². The van der Waals surface area contributed by atoms with Crippen molar-refractivity contribution >= 4 is 17.5 Å². The maximum absolute atomic E-state index is 11.9. The molecule has 0 radical (unpaired) electrons. The first-order valence-electron chi connectivity index (χ1n) is 6.54. The molecular weight excluding hydrogens is 274 g/mol. The third-order valence-corrected chi connectivity index (χ3v) is 3.00. The Hall–Kier alpha value is -2.41. The highest BCUT2D eigenvalue weighted by Gasteiger charge is 2.20. The summed E-state index contributed by atoms with van der Waals surface area (Å²) < 4.78 is 6.64. The molecule has 0 bridgehead atoms. The van der Waals surface area contributed by atoms with Gasteiger partial charge in [-0.15, -0.1) is 0 Å². The Morgan fingerprint density at radius 2 is 2.29 bits per heavy atom. The summed E-state index contributed by atoms with van der Waals surface area (Å²) in [5.41, 5.74) is 1.34. The van der Waals surface area contributed by atoms with Crippen LogP contribution in [0.25, 0.3) is 5.65 Å². The number of nitrogens with one attached hydrogen (secondary N) is 1. The van der Waals surface area contributed by atoms with E-state index >= 15 is 0 Å². The average Bonchev–Trinajstić information content (AvgIpc) is 2.85. The summed E-state index contributed by atoms with van der Waals surface area (Å²) in [6.45, 7) is 0.269. The Kier molecular flexibility index (Phi) is 4.89. The second kappa shape index (κ2) is 6.85. The number of carbonyl (C=O) groups excluding carboxylic acids is 1. The summed E-state index contributed by atoms with van der Waals surface area (Å²) in [6, 6.07) is 4.61. The van der Waals surface area contributed by atoms with Crippen molar-refractivity contribution in [2.45, 2.75) is 18.9 Å². The molecule has 1 unspecified atom stereocenters. The molecule has 1 amide bonds. The van der Waals surface area contributed by atoms with Crippen molar-refractivity contribution in [2.24, 2.45) is 0 Å². The van der Waals surface area contributed by atoms with Gasteiger partial charge in [-0.05, 0) is 12.1 Å². The molecule has 0 aliphatic heterocycles. The number of methoxy groups -OCH3 is 1. The fraction of sp³-hybridized carbons (Fsp3) is 0.357. The van der Waals surface area contributed by atoms with Crippen LogP contribution in [0, 0.1) is 0 Å². The highest BCUT2D eigenvalue weighted by molar-refractivity contribution is 5.84. The minimum Gasteiger partial charge on any atom is -0.480 e. The number of carboxylic acid groups (broad SMARTS) is 1. The zero-order valence-electron chi connectivity index (χ0n) is 11.7. The number of amides is 1. The maximum atomic E-state index is 11.9. The molecule has 0 aliphatic carbocycles. The zero-order chi connectivity index (χ0) is 15.2. The lowest BCUT2D eigenvalue weighted by atomic mass is 10.2. The predicted octanol–water partition coefficient (Wildman–Crippen LogP) is 0.483. The van der Waals surface area contributed by atoms with Gasteiger partial charge in [-0.25, -0.2) is 9.78 Å². The van der Waals surface area contributed by atoms with Crippen LogP contribution in [0.3, 0.4) is 0 Å². The molecule has 7 nitrogen and oxygen atoms in total. The molecule has 1 atom stereocenters. The average molecular weight is 291 g/mol. The number of aromatic nitrogens is 2. The largest absolute Gasteiger partial charge is 0.480 e. The number of ether oxygens (including phenoxy) is 1. The molecule has 0 aliphatic rings. The van der Waals surface area contributed by atoms with Crippen LogP contribution in [0.5, 0.6) is 0 Å². The maximum Gasteiger partial charge on any atom is 0.326 e. The van der Waals surface area contributed by atoms with Gasteiger partial charge in [-0.1, -0.05) is 6.07 Å². The van der Waals surface area contributed by atoms with Crippen molar-refractivity contribution in [1.82, 2.24) is 14.7 Å². The van der Waals surface area contributed by atoms with E-state index in [2.05, 4.69) is 10.3 Å². The number of hydrogen-bond donors (Lipinski definition) is 2. The van der Waals surface area contributed by atoms with E-state index in [4.69, 9.17) is 9.84 Å². The Balaban J connectivity index is 1.98. The van der Waals surface area contributed by atoms with Gasteiger partial charge in [0.2, 0.25) is 5.91 Å². The smallest absolute Gasteiger partial charge is 0.326 e. The number of rotatable bonds is 7. The van der Waals surface area contributed by atoms with Crippen LogP contribution < -0.4 is 5.32 Å². The second-order valence-electron chi connectivity index (χ2n) is 4.61. The van der Waals surface area contributed by atoms with Gasteiger partial charge in [0.25, 0.3) is 0 Å². The molecule has 2 N–H and O–H groups in total. The van der Waals surface area contributed by atoms with Crippen LogP contribution in [0.1, 0.15) is 12.1 Å². The zero-order valence-corrected chi connectivity index (χ0v) is 11.7. The van der Waals surface area contributed by atoms with Gasteiger partial charge in [0.15, 0.2) is 0 Å². The Bertz CT molecular complexity index is 605.